The molecule has 0 radical (unpaired) electrons. The Balaban J connectivity index is 1.83. The van der Waals surface area contributed by atoms with Crippen molar-refractivity contribution in [2.75, 3.05) is 13.2 Å². The van der Waals surface area contributed by atoms with E-state index in [1.165, 1.54) is 0 Å². The fourth-order valence-corrected chi connectivity index (χ4v) is 2.91. The van der Waals surface area contributed by atoms with Crippen molar-refractivity contribution >= 4 is 32.9 Å². The highest BCUT2D eigenvalue weighted by Crippen LogP contribution is 2.33. The van der Waals surface area contributed by atoms with Gasteiger partial charge in [0.2, 0.25) is 0 Å². The smallest absolute Gasteiger partial charge is 0.404 e. The van der Waals surface area contributed by atoms with Gasteiger partial charge in [-0.05, 0) is 35.0 Å². The highest BCUT2D eigenvalue weighted by atomic mass is 79.9. The van der Waals surface area contributed by atoms with Crippen LogP contribution >= 0.6 is 15.9 Å². The fraction of sp³-hybridized carbons (Fsp3) is 0.429. The highest BCUT2D eigenvalue weighted by Gasteiger charge is 2.24. The van der Waals surface area contributed by atoms with Crippen molar-refractivity contribution in [3.05, 3.63) is 22.8 Å². The van der Waals surface area contributed by atoms with Gasteiger partial charge in [0.1, 0.15) is 18.5 Å². The second-order valence-electron chi connectivity index (χ2n) is 5.26. The second-order valence-corrected chi connectivity index (χ2v) is 6.05. The van der Waals surface area contributed by atoms with E-state index in [0.29, 0.717) is 13.2 Å². The van der Waals surface area contributed by atoms with E-state index in [1.54, 1.807) is 17.8 Å². The molecule has 1 saturated heterocycles. The van der Waals surface area contributed by atoms with Crippen molar-refractivity contribution in [1.29, 1.82) is 0 Å². The van der Waals surface area contributed by atoms with E-state index in [4.69, 9.17) is 14.6 Å². The summed E-state index contributed by atoms with van der Waals surface area (Å²) in [5.74, 6) is 0.726. The summed E-state index contributed by atoms with van der Waals surface area (Å²) in [4.78, 5) is 10.7. The topological polar surface area (TPSA) is 88.9 Å². The molecule has 0 aliphatic carbocycles. The summed E-state index contributed by atoms with van der Waals surface area (Å²) < 4.78 is 13.4. The predicted molar refractivity (Wildman–Crippen MR) is 83.3 cm³/mol. The Bertz CT molecular complexity index is 699. The molecule has 1 amide bonds. The molecule has 3 rings (SSSR count). The van der Waals surface area contributed by atoms with Crippen LogP contribution in [0.2, 0.25) is 0 Å². The van der Waals surface area contributed by atoms with Gasteiger partial charge < -0.3 is 19.9 Å². The van der Waals surface area contributed by atoms with E-state index < -0.39 is 6.09 Å². The van der Waals surface area contributed by atoms with Crippen LogP contribution in [0.25, 0.3) is 10.9 Å². The molecule has 2 aromatic rings. The number of nitrogens with one attached hydrogen (secondary N) is 1. The lowest BCUT2D eigenvalue weighted by molar-refractivity contribution is 0.189. The van der Waals surface area contributed by atoms with Crippen LogP contribution in [-0.4, -0.2) is 46.3 Å². The van der Waals surface area contributed by atoms with Gasteiger partial charge in [0.15, 0.2) is 0 Å². The minimum Gasteiger partial charge on any atom is -0.490 e. The minimum absolute atomic E-state index is 0.187. The maximum Gasteiger partial charge on any atom is 0.404 e. The third kappa shape index (κ3) is 3.33. The van der Waals surface area contributed by atoms with Crippen LogP contribution in [0.15, 0.2) is 22.8 Å². The Morgan fingerprint density at radius 2 is 2.45 bits per heavy atom. The minimum atomic E-state index is -1.04. The van der Waals surface area contributed by atoms with Gasteiger partial charge in [-0.25, -0.2) is 4.79 Å². The lowest BCUT2D eigenvalue weighted by Crippen LogP contribution is -2.34. The molecule has 2 heterocycles. The molecule has 1 aromatic carbocycles. The van der Waals surface area contributed by atoms with Crippen molar-refractivity contribution in [2.45, 2.75) is 25.6 Å². The van der Waals surface area contributed by atoms with Crippen molar-refractivity contribution in [3.8, 4) is 5.75 Å². The average molecular weight is 370 g/mol. The maximum atomic E-state index is 10.7. The van der Waals surface area contributed by atoms with E-state index in [-0.39, 0.29) is 12.1 Å². The molecular formula is C14H16BrN3O4. The van der Waals surface area contributed by atoms with Crippen LogP contribution in [0, 0.1) is 0 Å². The van der Waals surface area contributed by atoms with Gasteiger partial charge in [0.25, 0.3) is 0 Å². The molecule has 2 atom stereocenters. The number of aromatic nitrogens is 2. The second kappa shape index (κ2) is 6.13. The summed E-state index contributed by atoms with van der Waals surface area (Å²) >= 11 is 3.56. The Hall–Kier alpha value is -1.80. The summed E-state index contributed by atoms with van der Waals surface area (Å²) in [6.45, 7) is 3.50. The van der Waals surface area contributed by atoms with Gasteiger partial charge in [-0.15, -0.1) is 0 Å². The zero-order chi connectivity index (χ0) is 15.7. The van der Waals surface area contributed by atoms with Gasteiger partial charge in [-0.3, -0.25) is 4.68 Å². The predicted octanol–water partition coefficient (Wildman–Crippen LogP) is 2.23. The zero-order valence-corrected chi connectivity index (χ0v) is 13.5. The Labute approximate surface area is 135 Å². The maximum absolute atomic E-state index is 10.7. The van der Waals surface area contributed by atoms with Crippen LogP contribution in [0.5, 0.6) is 5.75 Å². The van der Waals surface area contributed by atoms with Crippen LogP contribution in [0.1, 0.15) is 6.92 Å². The normalized spacial score (nSPS) is 18.2. The first-order valence-corrected chi connectivity index (χ1v) is 7.72. The number of epoxide rings is 1. The highest BCUT2D eigenvalue weighted by molar-refractivity contribution is 9.10. The zero-order valence-electron chi connectivity index (χ0n) is 12.0. The number of amides is 1. The van der Waals surface area contributed by atoms with Crippen LogP contribution in [0.4, 0.5) is 4.79 Å². The molecule has 22 heavy (non-hydrogen) atoms. The third-order valence-corrected chi connectivity index (χ3v) is 4.12. The molecule has 1 aliphatic heterocycles. The monoisotopic (exact) mass is 369 g/mol. The van der Waals surface area contributed by atoms with Crippen molar-refractivity contribution < 1.29 is 19.4 Å². The number of carboxylic acid groups (broad SMARTS) is 1. The van der Waals surface area contributed by atoms with Crippen LogP contribution in [-0.2, 0) is 11.3 Å². The van der Waals surface area contributed by atoms with Crippen molar-refractivity contribution in [2.24, 2.45) is 0 Å². The van der Waals surface area contributed by atoms with Crippen molar-refractivity contribution in [3.63, 3.8) is 0 Å². The first-order chi connectivity index (χ1) is 10.5. The number of hydrogen-bond donors (Lipinski definition) is 2. The van der Waals surface area contributed by atoms with E-state index in [1.807, 2.05) is 12.1 Å². The van der Waals surface area contributed by atoms with Gasteiger partial charge in [0.05, 0.1) is 29.3 Å². The molecule has 118 valence electrons. The number of rotatable bonds is 6. The quantitative estimate of drug-likeness (QED) is 0.762. The SMILES string of the molecule is C[C@@H](Cn1ncc2ccc(OC[C@H]3CO3)c(Br)c21)NC(=O)O. The summed E-state index contributed by atoms with van der Waals surface area (Å²) in [6, 6.07) is 3.57. The van der Waals surface area contributed by atoms with E-state index >= 15 is 0 Å². The number of fused-ring (bicyclic) bond motifs is 1. The number of hydrogen-bond acceptors (Lipinski definition) is 4. The third-order valence-electron chi connectivity index (χ3n) is 3.35. The summed E-state index contributed by atoms with van der Waals surface area (Å²) in [6.07, 6.45) is 0.894. The molecule has 0 saturated carbocycles. The lowest BCUT2D eigenvalue weighted by atomic mass is 10.2. The average Bonchev–Trinajstić information content (AvgIpc) is 3.18. The number of benzene rings is 1. The number of halogens is 1. The van der Waals surface area contributed by atoms with Gasteiger partial charge >= 0.3 is 6.09 Å². The number of ether oxygens (including phenoxy) is 2. The molecule has 7 nitrogen and oxygen atoms in total. The van der Waals surface area contributed by atoms with E-state index in [9.17, 15) is 4.79 Å². The summed E-state index contributed by atoms with van der Waals surface area (Å²) in [5.41, 5.74) is 0.883. The molecule has 0 unspecified atom stereocenters. The van der Waals surface area contributed by atoms with Gasteiger partial charge in [-0.2, -0.15) is 5.10 Å². The molecule has 8 heteroatoms. The molecule has 2 N–H and O–H groups in total. The van der Waals surface area contributed by atoms with Gasteiger partial charge in [0, 0.05) is 11.4 Å². The van der Waals surface area contributed by atoms with E-state index in [2.05, 4.69) is 26.3 Å². The Morgan fingerprint density at radius 3 is 3.14 bits per heavy atom. The standard InChI is InChI=1S/C14H16BrN3O4/c1-8(17-14(19)20)5-18-13-9(4-16-18)2-3-11(12(13)15)22-7-10-6-21-10/h2-4,8,10,17H,5-7H2,1H3,(H,19,20)/t8-,10+/m0/s1. The summed E-state index contributed by atoms with van der Waals surface area (Å²) in [5, 5.41) is 16.5. The fourth-order valence-electron chi connectivity index (χ4n) is 2.23. The Kier molecular flexibility index (Phi) is 4.21. The van der Waals surface area contributed by atoms with Crippen LogP contribution in [0.3, 0.4) is 0 Å². The molecule has 1 fully saturated rings. The Morgan fingerprint density at radius 1 is 1.68 bits per heavy atom. The number of nitrogens with zero attached hydrogens (tertiary/aromatic N) is 2. The lowest BCUT2D eigenvalue weighted by Gasteiger charge is -2.14. The summed E-state index contributed by atoms with van der Waals surface area (Å²) in [7, 11) is 0. The molecule has 0 spiro atoms. The van der Waals surface area contributed by atoms with Crippen molar-refractivity contribution in [1.82, 2.24) is 15.1 Å². The molecule has 0 bridgehead atoms. The van der Waals surface area contributed by atoms with E-state index in [0.717, 1.165) is 27.7 Å². The first kappa shape index (κ1) is 15.1. The van der Waals surface area contributed by atoms with Crippen LogP contribution < -0.4 is 10.1 Å². The van der Waals surface area contributed by atoms with Gasteiger partial charge in [-0.1, -0.05) is 0 Å². The first-order valence-electron chi connectivity index (χ1n) is 6.92. The molecular weight excluding hydrogens is 354 g/mol. The largest absolute Gasteiger partial charge is 0.490 e. The molecule has 1 aliphatic rings. The number of carbonyl (C=O) groups is 1. The molecule has 1 aromatic heterocycles.